The van der Waals surface area contributed by atoms with Crippen LogP contribution in [0.25, 0.3) is 0 Å². The fraction of sp³-hybridized carbons (Fsp3) is 0.500. The van der Waals surface area contributed by atoms with Crippen LogP contribution in [0.1, 0.15) is 78.0 Å². The molecule has 0 aliphatic rings. The monoisotopic (exact) mass is 377 g/mol. The molecule has 1 aromatic rings. The molecule has 0 atom stereocenters. The molecule has 0 aromatic heterocycles. The average Bonchev–Trinajstić information content (AvgIpc) is 2.60. The van der Waals surface area contributed by atoms with E-state index in [2.05, 4.69) is 19.2 Å². The van der Waals surface area contributed by atoms with Crippen LogP contribution in [0.3, 0.4) is 0 Å². The number of benzene rings is 1. The minimum Gasteiger partial charge on any atom is -0.478 e. The van der Waals surface area contributed by atoms with Crippen molar-refractivity contribution in [1.82, 2.24) is 5.32 Å². The smallest absolute Gasteiger partial charge is 0.373 e. The fourth-order valence-corrected chi connectivity index (χ4v) is 2.38. The Morgan fingerprint density at radius 1 is 1.04 bits per heavy atom. The average molecular weight is 377 g/mol. The first kappa shape index (κ1) is 24.2. The summed E-state index contributed by atoms with van der Waals surface area (Å²) in [5.41, 5.74) is 0.313. The summed E-state index contributed by atoms with van der Waals surface area (Å²) >= 11 is 0. The van der Waals surface area contributed by atoms with Crippen molar-refractivity contribution in [2.75, 3.05) is 6.54 Å². The molecule has 1 rings (SSSR count). The number of carboxylic acids is 1. The summed E-state index contributed by atoms with van der Waals surface area (Å²) < 4.78 is 0. The van der Waals surface area contributed by atoms with Gasteiger partial charge in [-0.05, 0) is 24.5 Å². The highest BCUT2D eigenvalue weighted by Crippen LogP contribution is 2.16. The molecule has 1 amide bonds. The van der Waals surface area contributed by atoms with Crippen LogP contribution in [0.4, 0.5) is 0 Å². The number of amides is 1. The van der Waals surface area contributed by atoms with Crippen LogP contribution >= 0.6 is 0 Å². The Hall–Kier alpha value is -2.79. The number of carboxylic acid groups (broad SMARTS) is 1. The fourth-order valence-electron chi connectivity index (χ4n) is 2.38. The zero-order valence-electron chi connectivity index (χ0n) is 16.2. The molecule has 0 saturated carbocycles. The van der Waals surface area contributed by atoms with Gasteiger partial charge in [-0.25, -0.2) is 4.79 Å². The first-order chi connectivity index (χ1) is 12.6. The third kappa shape index (κ3) is 8.92. The van der Waals surface area contributed by atoms with Crippen LogP contribution in [0.2, 0.25) is 0 Å². The van der Waals surface area contributed by atoms with Crippen LogP contribution in [0.15, 0.2) is 18.2 Å². The second kappa shape index (κ2) is 12.5. The van der Waals surface area contributed by atoms with E-state index in [0.717, 1.165) is 19.3 Å². The molecule has 0 aliphatic carbocycles. The van der Waals surface area contributed by atoms with Crippen LogP contribution in [0.5, 0.6) is 0 Å². The summed E-state index contributed by atoms with van der Waals surface area (Å²) in [4.78, 5) is 52.0. The van der Waals surface area contributed by atoms with Crippen molar-refractivity contribution in [2.45, 2.75) is 47.0 Å². The molecular formula is C20H27NO6. The third-order valence-electron chi connectivity index (χ3n) is 3.80. The maximum atomic E-state index is 12.3. The number of rotatable bonds is 9. The van der Waals surface area contributed by atoms with Crippen molar-refractivity contribution in [1.29, 1.82) is 0 Å². The first-order valence-electron chi connectivity index (χ1n) is 8.84. The Morgan fingerprint density at radius 2 is 1.63 bits per heavy atom. The standard InChI is InChI=1S/C19H27NO4.CO2/c1-12(2)7-5-6-10-20-18(22)16-11-14(17(21)13(3)4)8-9-15(16)19(23)24;2-1-3/h8-9,11-13H,5-7,10H2,1-4H3,(H,20,22)(H,23,24);. The number of Topliss-reactive ketones (excluding diaryl/α,β-unsaturated/α-hetero) is 1. The van der Waals surface area contributed by atoms with Gasteiger partial charge in [0, 0.05) is 18.0 Å². The Kier molecular flexibility index (Phi) is 11.2. The lowest BCUT2D eigenvalue weighted by Crippen LogP contribution is -2.27. The van der Waals surface area contributed by atoms with E-state index in [1.54, 1.807) is 13.8 Å². The SMILES string of the molecule is CC(C)CCCCNC(=O)c1cc(C(=O)C(C)C)ccc1C(=O)O.O=C=O. The normalized spacial score (nSPS) is 10.0. The van der Waals surface area contributed by atoms with Crippen molar-refractivity contribution >= 4 is 23.8 Å². The molecule has 0 heterocycles. The molecular weight excluding hydrogens is 350 g/mol. The number of aromatic carboxylic acids is 1. The van der Waals surface area contributed by atoms with Gasteiger partial charge in [0.2, 0.25) is 0 Å². The van der Waals surface area contributed by atoms with Gasteiger partial charge < -0.3 is 10.4 Å². The van der Waals surface area contributed by atoms with Gasteiger partial charge in [0.25, 0.3) is 5.91 Å². The maximum absolute atomic E-state index is 12.3. The predicted molar refractivity (Wildman–Crippen MR) is 98.6 cm³/mol. The van der Waals surface area contributed by atoms with Gasteiger partial charge in [0.15, 0.2) is 5.78 Å². The van der Waals surface area contributed by atoms with Crippen molar-refractivity contribution in [3.8, 4) is 0 Å². The minimum atomic E-state index is -1.18. The molecule has 7 heteroatoms. The largest absolute Gasteiger partial charge is 0.478 e. The highest BCUT2D eigenvalue weighted by molar-refractivity contribution is 6.07. The predicted octanol–water partition coefficient (Wildman–Crippen LogP) is 3.20. The topological polar surface area (TPSA) is 118 Å². The molecule has 0 unspecified atom stereocenters. The number of ketones is 1. The van der Waals surface area contributed by atoms with E-state index in [0.29, 0.717) is 18.0 Å². The maximum Gasteiger partial charge on any atom is 0.373 e. The van der Waals surface area contributed by atoms with E-state index in [4.69, 9.17) is 9.59 Å². The number of carbonyl (C=O) groups is 3. The van der Waals surface area contributed by atoms with Crippen LogP contribution in [-0.2, 0) is 9.59 Å². The summed E-state index contributed by atoms with van der Waals surface area (Å²) in [5, 5.41) is 12.0. The molecule has 0 saturated heterocycles. The number of hydrogen-bond donors (Lipinski definition) is 2. The molecule has 7 nitrogen and oxygen atoms in total. The summed E-state index contributed by atoms with van der Waals surface area (Å²) in [6.45, 7) is 8.32. The summed E-state index contributed by atoms with van der Waals surface area (Å²) in [6, 6.07) is 4.17. The van der Waals surface area contributed by atoms with Crippen molar-refractivity contribution in [3.63, 3.8) is 0 Å². The third-order valence-corrected chi connectivity index (χ3v) is 3.80. The molecule has 27 heavy (non-hydrogen) atoms. The number of carbonyl (C=O) groups excluding carboxylic acids is 4. The lowest BCUT2D eigenvalue weighted by Gasteiger charge is -2.11. The van der Waals surface area contributed by atoms with Gasteiger partial charge in [0.1, 0.15) is 0 Å². The number of unbranched alkanes of at least 4 members (excludes halogenated alkanes) is 1. The molecule has 0 spiro atoms. The molecule has 0 radical (unpaired) electrons. The summed E-state index contributed by atoms with van der Waals surface area (Å²) in [7, 11) is 0. The van der Waals surface area contributed by atoms with Crippen LogP contribution in [0, 0.1) is 11.8 Å². The zero-order chi connectivity index (χ0) is 21.0. The molecule has 0 bridgehead atoms. The van der Waals surface area contributed by atoms with Gasteiger partial charge >= 0.3 is 12.1 Å². The lowest BCUT2D eigenvalue weighted by atomic mass is 9.96. The second-order valence-corrected chi connectivity index (χ2v) is 6.81. The van der Waals surface area contributed by atoms with Crippen LogP contribution < -0.4 is 5.32 Å². The van der Waals surface area contributed by atoms with E-state index in [9.17, 15) is 19.5 Å². The highest BCUT2D eigenvalue weighted by Gasteiger charge is 2.20. The van der Waals surface area contributed by atoms with E-state index < -0.39 is 11.9 Å². The van der Waals surface area contributed by atoms with Gasteiger partial charge in [-0.2, -0.15) is 9.59 Å². The van der Waals surface area contributed by atoms with E-state index in [1.165, 1.54) is 18.2 Å². The molecule has 2 N–H and O–H groups in total. The van der Waals surface area contributed by atoms with Crippen LogP contribution in [-0.4, -0.2) is 35.5 Å². The highest BCUT2D eigenvalue weighted by atomic mass is 16.4. The Morgan fingerprint density at radius 3 is 2.11 bits per heavy atom. The van der Waals surface area contributed by atoms with Crippen molar-refractivity contribution in [3.05, 3.63) is 34.9 Å². The van der Waals surface area contributed by atoms with Gasteiger partial charge in [-0.3, -0.25) is 9.59 Å². The first-order valence-corrected chi connectivity index (χ1v) is 8.84. The Bertz CT molecular complexity index is 688. The quantitative estimate of drug-likeness (QED) is 0.504. The van der Waals surface area contributed by atoms with E-state index >= 15 is 0 Å². The number of nitrogens with one attached hydrogen (secondary N) is 1. The van der Waals surface area contributed by atoms with E-state index in [1.807, 2.05) is 0 Å². The van der Waals surface area contributed by atoms with Crippen molar-refractivity contribution < 1.29 is 29.1 Å². The zero-order valence-corrected chi connectivity index (χ0v) is 16.2. The second-order valence-electron chi connectivity index (χ2n) is 6.81. The molecule has 0 aliphatic heterocycles. The lowest BCUT2D eigenvalue weighted by molar-refractivity contribution is -0.191. The summed E-state index contributed by atoms with van der Waals surface area (Å²) in [5.74, 6) is -1.33. The minimum absolute atomic E-state index is 0.0397. The Balaban J connectivity index is 0.00000210. The van der Waals surface area contributed by atoms with Crippen molar-refractivity contribution in [2.24, 2.45) is 11.8 Å². The Labute approximate surface area is 159 Å². The van der Waals surface area contributed by atoms with Gasteiger partial charge in [-0.1, -0.05) is 46.6 Å². The van der Waals surface area contributed by atoms with Gasteiger partial charge in [0.05, 0.1) is 11.1 Å². The number of hydrogen-bond acceptors (Lipinski definition) is 5. The van der Waals surface area contributed by atoms with Gasteiger partial charge in [-0.15, -0.1) is 0 Å². The molecule has 148 valence electrons. The van der Waals surface area contributed by atoms with E-state index in [-0.39, 0.29) is 29.0 Å². The molecule has 1 aromatic carbocycles. The summed E-state index contributed by atoms with van der Waals surface area (Å²) in [6.07, 6.45) is 3.20. The molecule has 0 fully saturated rings.